The third kappa shape index (κ3) is 3.56. The van der Waals surface area contributed by atoms with Crippen molar-refractivity contribution in [1.29, 1.82) is 0 Å². The van der Waals surface area contributed by atoms with Gasteiger partial charge in [-0.15, -0.1) is 0 Å². The van der Waals surface area contributed by atoms with Gasteiger partial charge in [0.25, 0.3) is 5.91 Å². The molecule has 0 aliphatic rings. The van der Waals surface area contributed by atoms with Crippen LogP contribution in [0.25, 0.3) is 0 Å². The van der Waals surface area contributed by atoms with Crippen LogP contribution in [0.5, 0.6) is 0 Å². The van der Waals surface area contributed by atoms with Crippen molar-refractivity contribution in [3.63, 3.8) is 0 Å². The molecule has 0 aliphatic heterocycles. The standard InChI is InChI=1S/C14H19N5O2/c1-5-19(6-2)14-15-9(3)7-11(16-14)13(20)17-12-8-10(4)21-18-12/h7-8H,5-6H2,1-4H3,(H,17,18,20). The second-order valence-corrected chi connectivity index (χ2v) is 4.64. The number of nitrogens with one attached hydrogen (secondary N) is 1. The van der Waals surface area contributed by atoms with Gasteiger partial charge in [0.15, 0.2) is 5.82 Å². The van der Waals surface area contributed by atoms with E-state index >= 15 is 0 Å². The highest BCUT2D eigenvalue weighted by atomic mass is 16.5. The van der Waals surface area contributed by atoms with Crippen molar-refractivity contribution >= 4 is 17.7 Å². The molecule has 0 radical (unpaired) electrons. The quantitative estimate of drug-likeness (QED) is 0.908. The summed E-state index contributed by atoms with van der Waals surface area (Å²) in [5.74, 6) is 1.23. The van der Waals surface area contributed by atoms with Gasteiger partial charge in [0, 0.05) is 24.8 Å². The van der Waals surface area contributed by atoms with Crippen LogP contribution >= 0.6 is 0 Å². The Balaban J connectivity index is 2.24. The van der Waals surface area contributed by atoms with Crippen molar-refractivity contribution < 1.29 is 9.32 Å². The number of anilines is 2. The van der Waals surface area contributed by atoms with Gasteiger partial charge in [-0.3, -0.25) is 4.79 Å². The van der Waals surface area contributed by atoms with E-state index in [0.29, 0.717) is 23.2 Å². The molecule has 21 heavy (non-hydrogen) atoms. The molecule has 0 unspecified atom stereocenters. The van der Waals surface area contributed by atoms with Crippen molar-refractivity contribution in [2.45, 2.75) is 27.7 Å². The smallest absolute Gasteiger partial charge is 0.275 e. The molecular weight excluding hydrogens is 270 g/mol. The number of nitrogens with zero attached hydrogens (tertiary/aromatic N) is 4. The third-order valence-electron chi connectivity index (χ3n) is 2.99. The van der Waals surface area contributed by atoms with Gasteiger partial charge in [-0.05, 0) is 33.8 Å². The minimum absolute atomic E-state index is 0.310. The fourth-order valence-corrected chi connectivity index (χ4v) is 1.92. The van der Waals surface area contributed by atoms with Crippen molar-refractivity contribution in [3.8, 4) is 0 Å². The van der Waals surface area contributed by atoms with Gasteiger partial charge in [0.2, 0.25) is 5.95 Å². The number of carbonyl (C=O) groups is 1. The molecule has 7 heteroatoms. The zero-order valence-electron chi connectivity index (χ0n) is 12.7. The normalized spacial score (nSPS) is 10.5. The van der Waals surface area contributed by atoms with Crippen LogP contribution in [-0.2, 0) is 0 Å². The van der Waals surface area contributed by atoms with Gasteiger partial charge in [-0.25, -0.2) is 9.97 Å². The first-order chi connectivity index (χ1) is 10.0. The Labute approximate surface area is 123 Å². The van der Waals surface area contributed by atoms with Gasteiger partial charge >= 0.3 is 0 Å². The molecule has 0 saturated heterocycles. The maximum absolute atomic E-state index is 12.2. The number of aryl methyl sites for hydroxylation is 2. The molecule has 0 atom stereocenters. The lowest BCUT2D eigenvalue weighted by Crippen LogP contribution is -2.26. The van der Waals surface area contributed by atoms with Gasteiger partial charge in [-0.2, -0.15) is 0 Å². The Morgan fingerprint density at radius 3 is 2.52 bits per heavy atom. The second-order valence-electron chi connectivity index (χ2n) is 4.64. The van der Waals surface area contributed by atoms with Crippen LogP contribution in [0, 0.1) is 13.8 Å². The van der Waals surface area contributed by atoms with Crippen LogP contribution < -0.4 is 10.2 Å². The Kier molecular flexibility index (Phi) is 4.52. The summed E-state index contributed by atoms with van der Waals surface area (Å²) in [6, 6.07) is 3.30. The van der Waals surface area contributed by atoms with Crippen LogP contribution in [0.3, 0.4) is 0 Å². The first kappa shape index (κ1) is 15.0. The number of hydrogen-bond acceptors (Lipinski definition) is 6. The van der Waals surface area contributed by atoms with Gasteiger partial charge in [0.1, 0.15) is 11.5 Å². The second kappa shape index (κ2) is 6.34. The van der Waals surface area contributed by atoms with E-state index in [2.05, 4.69) is 20.4 Å². The summed E-state index contributed by atoms with van der Waals surface area (Å²) in [4.78, 5) is 22.9. The van der Waals surface area contributed by atoms with Gasteiger partial charge in [-0.1, -0.05) is 5.16 Å². The topological polar surface area (TPSA) is 84.2 Å². The zero-order valence-corrected chi connectivity index (χ0v) is 12.7. The van der Waals surface area contributed by atoms with E-state index in [9.17, 15) is 4.79 Å². The Morgan fingerprint density at radius 2 is 1.95 bits per heavy atom. The Hall–Kier alpha value is -2.44. The van der Waals surface area contributed by atoms with E-state index in [1.54, 1.807) is 19.1 Å². The lowest BCUT2D eigenvalue weighted by Gasteiger charge is -2.19. The van der Waals surface area contributed by atoms with E-state index < -0.39 is 0 Å². The molecule has 112 valence electrons. The van der Waals surface area contributed by atoms with Crippen LogP contribution in [-0.4, -0.2) is 34.1 Å². The molecule has 0 saturated carbocycles. The molecule has 7 nitrogen and oxygen atoms in total. The molecule has 2 rings (SSSR count). The molecule has 0 bridgehead atoms. The largest absolute Gasteiger partial charge is 0.360 e. The van der Waals surface area contributed by atoms with Crippen molar-refractivity contribution in [2.75, 3.05) is 23.3 Å². The fourth-order valence-electron chi connectivity index (χ4n) is 1.92. The SMILES string of the molecule is CCN(CC)c1nc(C)cc(C(=O)Nc2cc(C)on2)n1. The zero-order chi connectivity index (χ0) is 15.4. The minimum Gasteiger partial charge on any atom is -0.360 e. The maximum atomic E-state index is 12.2. The molecule has 1 N–H and O–H groups in total. The molecule has 0 aromatic carbocycles. The predicted molar refractivity (Wildman–Crippen MR) is 79.5 cm³/mol. The van der Waals surface area contributed by atoms with E-state index in [1.165, 1.54) is 0 Å². The van der Waals surface area contributed by atoms with Crippen LogP contribution in [0.4, 0.5) is 11.8 Å². The summed E-state index contributed by atoms with van der Waals surface area (Å²) in [7, 11) is 0. The molecule has 2 aromatic heterocycles. The van der Waals surface area contributed by atoms with E-state index in [0.717, 1.165) is 18.8 Å². The average Bonchev–Trinajstić information content (AvgIpc) is 2.85. The van der Waals surface area contributed by atoms with Crippen molar-refractivity contribution in [2.24, 2.45) is 0 Å². The third-order valence-corrected chi connectivity index (χ3v) is 2.99. The molecule has 0 aliphatic carbocycles. The van der Waals surface area contributed by atoms with E-state index in [4.69, 9.17) is 4.52 Å². The maximum Gasteiger partial charge on any atom is 0.275 e. The average molecular weight is 289 g/mol. The first-order valence-electron chi connectivity index (χ1n) is 6.88. The van der Waals surface area contributed by atoms with Gasteiger partial charge < -0.3 is 14.7 Å². The Bertz CT molecular complexity index is 634. The molecule has 1 amide bonds. The number of rotatable bonds is 5. The van der Waals surface area contributed by atoms with Crippen LogP contribution in [0.15, 0.2) is 16.7 Å². The molecule has 0 spiro atoms. The van der Waals surface area contributed by atoms with Crippen molar-refractivity contribution in [1.82, 2.24) is 15.1 Å². The monoisotopic (exact) mass is 289 g/mol. The summed E-state index contributed by atoms with van der Waals surface area (Å²) in [5, 5.41) is 6.39. The summed E-state index contributed by atoms with van der Waals surface area (Å²) >= 11 is 0. The summed E-state index contributed by atoms with van der Waals surface area (Å²) in [5.41, 5.74) is 1.05. The highest BCUT2D eigenvalue weighted by Crippen LogP contribution is 2.13. The van der Waals surface area contributed by atoms with Crippen molar-refractivity contribution in [3.05, 3.63) is 29.3 Å². The number of amides is 1. The summed E-state index contributed by atoms with van der Waals surface area (Å²) < 4.78 is 4.92. The molecule has 2 heterocycles. The number of carbonyl (C=O) groups excluding carboxylic acids is 1. The number of hydrogen-bond donors (Lipinski definition) is 1. The molecule has 2 aromatic rings. The van der Waals surface area contributed by atoms with E-state index in [-0.39, 0.29) is 5.91 Å². The lowest BCUT2D eigenvalue weighted by molar-refractivity contribution is 0.102. The lowest BCUT2D eigenvalue weighted by atomic mass is 10.3. The fraction of sp³-hybridized carbons (Fsp3) is 0.429. The summed E-state index contributed by atoms with van der Waals surface area (Å²) in [6.07, 6.45) is 0. The predicted octanol–water partition coefficient (Wildman–Crippen LogP) is 2.18. The Morgan fingerprint density at radius 1 is 1.24 bits per heavy atom. The molecular formula is C14H19N5O2. The summed E-state index contributed by atoms with van der Waals surface area (Å²) in [6.45, 7) is 9.20. The number of aromatic nitrogens is 3. The highest BCUT2D eigenvalue weighted by Gasteiger charge is 2.14. The van der Waals surface area contributed by atoms with Crippen LogP contribution in [0.1, 0.15) is 35.8 Å². The highest BCUT2D eigenvalue weighted by molar-refractivity contribution is 6.02. The van der Waals surface area contributed by atoms with Crippen LogP contribution in [0.2, 0.25) is 0 Å². The molecule has 0 fully saturated rings. The van der Waals surface area contributed by atoms with E-state index in [1.807, 2.05) is 25.7 Å². The minimum atomic E-state index is -0.331. The van der Waals surface area contributed by atoms with Gasteiger partial charge in [0.05, 0.1) is 0 Å². The first-order valence-corrected chi connectivity index (χ1v) is 6.88.